The maximum atomic E-state index is 2.90. The summed E-state index contributed by atoms with van der Waals surface area (Å²) >= 11 is 0. The van der Waals surface area contributed by atoms with Crippen LogP contribution < -0.4 is 0 Å². The maximum absolute atomic E-state index is 2.90. The minimum Gasteiger partial charge on any atom is -0.292 e. The van der Waals surface area contributed by atoms with Crippen LogP contribution in [-0.2, 0) is 0 Å². The molecule has 1 nitrogen and oxygen atoms in total. The predicted octanol–water partition coefficient (Wildman–Crippen LogP) is 4.85. The molecule has 1 heterocycles. The van der Waals surface area contributed by atoms with E-state index < -0.39 is 0 Å². The van der Waals surface area contributed by atoms with Gasteiger partial charge in [0.1, 0.15) is 0 Å². The third-order valence-electron chi connectivity index (χ3n) is 5.15. The first-order valence-electron chi connectivity index (χ1n) is 8.00. The van der Waals surface area contributed by atoms with Crippen molar-refractivity contribution in [1.29, 1.82) is 0 Å². The van der Waals surface area contributed by atoms with E-state index in [1.807, 2.05) is 0 Å². The fourth-order valence-corrected chi connectivity index (χ4v) is 4.45. The summed E-state index contributed by atoms with van der Waals surface area (Å²) < 4.78 is 0. The molecule has 1 saturated carbocycles. The molecule has 3 atom stereocenters. The lowest BCUT2D eigenvalue weighted by Crippen LogP contribution is -2.62. The first-order chi connectivity index (χ1) is 8.21. The van der Waals surface area contributed by atoms with Crippen LogP contribution in [0.1, 0.15) is 80.1 Å². The molecule has 1 aliphatic heterocycles. The lowest BCUT2D eigenvalue weighted by molar-refractivity contribution is -0.0819. The molecule has 2 aliphatic rings. The summed E-state index contributed by atoms with van der Waals surface area (Å²) in [4.78, 5) is 2.90. The van der Waals surface area contributed by atoms with Crippen molar-refractivity contribution >= 4 is 0 Å². The summed E-state index contributed by atoms with van der Waals surface area (Å²) in [6.45, 7) is 14.5. The number of likely N-dealkylation sites (tertiary alicyclic amines) is 1. The van der Waals surface area contributed by atoms with E-state index in [-0.39, 0.29) is 0 Å². The zero-order valence-electron chi connectivity index (χ0n) is 13.4. The zero-order chi connectivity index (χ0) is 13.6. The second-order valence-corrected chi connectivity index (χ2v) is 8.65. The molecule has 2 fully saturated rings. The summed E-state index contributed by atoms with van der Waals surface area (Å²) in [5, 5.41) is 0. The SMILES string of the molecule is CC(C)(C)C1CCC2CCCCC2N1C(C)(C)C. The van der Waals surface area contributed by atoms with E-state index in [2.05, 4.69) is 46.4 Å². The Morgan fingerprint density at radius 2 is 1.39 bits per heavy atom. The number of nitrogens with zero attached hydrogens (tertiary/aromatic N) is 1. The molecule has 0 bridgehead atoms. The van der Waals surface area contributed by atoms with Gasteiger partial charge in [0.05, 0.1) is 0 Å². The monoisotopic (exact) mass is 251 g/mol. The van der Waals surface area contributed by atoms with Crippen molar-refractivity contribution in [3.05, 3.63) is 0 Å². The zero-order valence-corrected chi connectivity index (χ0v) is 13.4. The normalized spacial score (nSPS) is 35.3. The number of fused-ring (bicyclic) bond motifs is 1. The molecule has 18 heavy (non-hydrogen) atoms. The van der Waals surface area contributed by atoms with Crippen LogP contribution >= 0.6 is 0 Å². The van der Waals surface area contributed by atoms with E-state index in [0.29, 0.717) is 11.0 Å². The van der Waals surface area contributed by atoms with Gasteiger partial charge >= 0.3 is 0 Å². The summed E-state index contributed by atoms with van der Waals surface area (Å²) in [7, 11) is 0. The largest absolute Gasteiger partial charge is 0.292 e. The molecule has 1 heteroatoms. The quantitative estimate of drug-likeness (QED) is 0.594. The van der Waals surface area contributed by atoms with Crippen LogP contribution in [0, 0.1) is 11.3 Å². The molecule has 0 amide bonds. The van der Waals surface area contributed by atoms with Crippen LogP contribution in [0.3, 0.4) is 0 Å². The molecule has 0 spiro atoms. The topological polar surface area (TPSA) is 3.24 Å². The molecule has 0 aromatic heterocycles. The summed E-state index contributed by atoms with van der Waals surface area (Å²) in [5.74, 6) is 0.983. The van der Waals surface area contributed by atoms with Gasteiger partial charge in [0, 0.05) is 17.6 Å². The van der Waals surface area contributed by atoms with E-state index >= 15 is 0 Å². The van der Waals surface area contributed by atoms with Crippen molar-refractivity contribution in [2.45, 2.75) is 97.7 Å². The highest BCUT2D eigenvalue weighted by Gasteiger charge is 2.46. The van der Waals surface area contributed by atoms with Gasteiger partial charge in [-0.3, -0.25) is 4.90 Å². The summed E-state index contributed by atoms with van der Waals surface area (Å²) in [6.07, 6.45) is 8.72. The van der Waals surface area contributed by atoms with Gasteiger partial charge in [-0.15, -0.1) is 0 Å². The maximum Gasteiger partial charge on any atom is 0.0152 e. The van der Waals surface area contributed by atoms with Crippen molar-refractivity contribution in [2.75, 3.05) is 0 Å². The van der Waals surface area contributed by atoms with Gasteiger partial charge in [-0.25, -0.2) is 0 Å². The lowest BCUT2D eigenvalue weighted by atomic mass is 9.69. The van der Waals surface area contributed by atoms with Gasteiger partial charge in [-0.05, 0) is 57.8 Å². The molecule has 1 saturated heterocycles. The van der Waals surface area contributed by atoms with Gasteiger partial charge in [0.25, 0.3) is 0 Å². The first-order valence-corrected chi connectivity index (χ1v) is 8.00. The van der Waals surface area contributed by atoms with E-state index in [0.717, 1.165) is 18.0 Å². The van der Waals surface area contributed by atoms with Crippen molar-refractivity contribution in [1.82, 2.24) is 4.90 Å². The van der Waals surface area contributed by atoms with Crippen LogP contribution in [0.2, 0.25) is 0 Å². The van der Waals surface area contributed by atoms with Crippen LogP contribution in [0.25, 0.3) is 0 Å². The lowest BCUT2D eigenvalue weighted by Gasteiger charge is -2.57. The molecule has 0 N–H and O–H groups in total. The molecule has 0 aromatic rings. The second-order valence-electron chi connectivity index (χ2n) is 8.65. The van der Waals surface area contributed by atoms with E-state index in [4.69, 9.17) is 0 Å². The standard InChI is InChI=1S/C17H33N/c1-16(2,3)15-12-11-13-9-7-8-10-14(13)18(15)17(4,5)6/h13-15H,7-12H2,1-6H3. The third-order valence-corrected chi connectivity index (χ3v) is 5.15. The molecule has 0 aromatic carbocycles. The van der Waals surface area contributed by atoms with Crippen LogP contribution in [-0.4, -0.2) is 22.5 Å². The minimum absolute atomic E-state index is 0.318. The number of hydrogen-bond donors (Lipinski definition) is 0. The van der Waals surface area contributed by atoms with Crippen molar-refractivity contribution in [3.8, 4) is 0 Å². The molecule has 106 valence electrons. The first kappa shape index (κ1) is 14.4. The highest BCUT2D eigenvalue weighted by atomic mass is 15.3. The van der Waals surface area contributed by atoms with Gasteiger partial charge in [0.15, 0.2) is 0 Å². The highest BCUT2D eigenvalue weighted by Crippen LogP contribution is 2.45. The fourth-order valence-electron chi connectivity index (χ4n) is 4.45. The molecular formula is C17H33N. The Hall–Kier alpha value is -0.0400. The number of hydrogen-bond acceptors (Lipinski definition) is 1. The van der Waals surface area contributed by atoms with E-state index in [9.17, 15) is 0 Å². The van der Waals surface area contributed by atoms with E-state index in [1.54, 1.807) is 0 Å². The van der Waals surface area contributed by atoms with Gasteiger partial charge in [-0.1, -0.05) is 33.6 Å². The summed E-state index contributed by atoms with van der Waals surface area (Å²) in [5.41, 5.74) is 0.730. The predicted molar refractivity (Wildman–Crippen MR) is 79.8 cm³/mol. The Labute approximate surface area is 114 Å². The Kier molecular flexibility index (Phi) is 3.84. The van der Waals surface area contributed by atoms with Crippen molar-refractivity contribution < 1.29 is 0 Å². The Balaban J connectivity index is 2.28. The Morgan fingerprint density at radius 3 is 1.94 bits per heavy atom. The number of piperidine rings is 1. The average Bonchev–Trinajstić information content (AvgIpc) is 2.24. The van der Waals surface area contributed by atoms with Crippen LogP contribution in [0.15, 0.2) is 0 Å². The van der Waals surface area contributed by atoms with E-state index in [1.165, 1.54) is 38.5 Å². The van der Waals surface area contributed by atoms with Crippen molar-refractivity contribution in [2.24, 2.45) is 11.3 Å². The van der Waals surface area contributed by atoms with Gasteiger partial charge < -0.3 is 0 Å². The smallest absolute Gasteiger partial charge is 0.0152 e. The van der Waals surface area contributed by atoms with Crippen molar-refractivity contribution in [3.63, 3.8) is 0 Å². The highest BCUT2D eigenvalue weighted by molar-refractivity contribution is 5.00. The Bertz CT molecular complexity index is 281. The molecule has 3 unspecified atom stereocenters. The molecule has 1 aliphatic carbocycles. The van der Waals surface area contributed by atoms with Gasteiger partial charge in [0.2, 0.25) is 0 Å². The van der Waals surface area contributed by atoms with Crippen LogP contribution in [0.4, 0.5) is 0 Å². The number of rotatable bonds is 0. The molecule has 0 radical (unpaired) electrons. The summed E-state index contributed by atoms with van der Waals surface area (Å²) in [6, 6.07) is 1.62. The van der Waals surface area contributed by atoms with Gasteiger partial charge in [-0.2, -0.15) is 0 Å². The third kappa shape index (κ3) is 2.76. The Morgan fingerprint density at radius 1 is 0.778 bits per heavy atom. The fraction of sp³-hybridized carbons (Fsp3) is 1.00. The molecule has 2 rings (SSSR count). The molecular weight excluding hydrogens is 218 g/mol. The second kappa shape index (κ2) is 4.81. The minimum atomic E-state index is 0.318. The average molecular weight is 251 g/mol. The van der Waals surface area contributed by atoms with Crippen LogP contribution in [0.5, 0.6) is 0 Å².